The van der Waals surface area contributed by atoms with Crippen LogP contribution in [0.5, 0.6) is 0 Å². The van der Waals surface area contributed by atoms with Gasteiger partial charge in [-0.2, -0.15) is 13.2 Å². The molecule has 2 N–H and O–H groups in total. The number of hydrogen-bond donors (Lipinski definition) is 2. The van der Waals surface area contributed by atoms with Crippen molar-refractivity contribution in [2.75, 3.05) is 13.1 Å². The molecule has 17 heavy (non-hydrogen) atoms. The van der Waals surface area contributed by atoms with Crippen molar-refractivity contribution < 1.29 is 27.9 Å². The van der Waals surface area contributed by atoms with Gasteiger partial charge in [0, 0.05) is 6.04 Å². The van der Waals surface area contributed by atoms with Crippen LogP contribution >= 0.6 is 0 Å². The molecule has 0 aromatic heterocycles. The van der Waals surface area contributed by atoms with Crippen molar-refractivity contribution in [2.45, 2.75) is 31.5 Å². The Morgan fingerprint density at radius 1 is 1.35 bits per heavy atom. The maximum atomic E-state index is 12.1. The summed E-state index contributed by atoms with van der Waals surface area (Å²) < 4.78 is 36.4. The molecule has 0 saturated heterocycles. The minimum absolute atomic E-state index is 0.132. The van der Waals surface area contributed by atoms with Gasteiger partial charge in [0.2, 0.25) is 0 Å². The molecule has 0 spiro atoms. The number of carboxylic acid groups (broad SMARTS) is 1. The molecule has 0 unspecified atom stereocenters. The summed E-state index contributed by atoms with van der Waals surface area (Å²) in [4.78, 5) is 22.0. The number of amides is 2. The molecule has 5 nitrogen and oxygen atoms in total. The van der Waals surface area contributed by atoms with Gasteiger partial charge in [-0.3, -0.25) is 4.79 Å². The van der Waals surface area contributed by atoms with E-state index in [4.69, 9.17) is 5.11 Å². The van der Waals surface area contributed by atoms with Crippen molar-refractivity contribution in [1.82, 2.24) is 10.2 Å². The normalized spacial score (nSPS) is 16.2. The maximum absolute atomic E-state index is 12.1. The first-order valence-corrected chi connectivity index (χ1v) is 5.12. The molecule has 0 heterocycles. The van der Waals surface area contributed by atoms with Crippen molar-refractivity contribution in [3.63, 3.8) is 0 Å². The lowest BCUT2D eigenvalue weighted by atomic mass is 9.93. The highest BCUT2D eigenvalue weighted by atomic mass is 19.4. The number of carbonyl (C=O) groups is 2. The van der Waals surface area contributed by atoms with E-state index in [0.717, 1.165) is 19.3 Å². The molecule has 1 rings (SSSR count). The maximum Gasteiger partial charge on any atom is 0.406 e. The Morgan fingerprint density at radius 2 is 1.94 bits per heavy atom. The highest BCUT2D eigenvalue weighted by Crippen LogP contribution is 2.20. The monoisotopic (exact) mass is 254 g/mol. The fourth-order valence-corrected chi connectivity index (χ4v) is 1.40. The van der Waals surface area contributed by atoms with Gasteiger partial charge in [0.15, 0.2) is 0 Å². The number of halogens is 3. The van der Waals surface area contributed by atoms with Crippen molar-refractivity contribution in [3.05, 3.63) is 0 Å². The van der Waals surface area contributed by atoms with Gasteiger partial charge < -0.3 is 15.3 Å². The summed E-state index contributed by atoms with van der Waals surface area (Å²) in [7, 11) is 0. The summed E-state index contributed by atoms with van der Waals surface area (Å²) in [6.07, 6.45) is -2.24. The summed E-state index contributed by atoms with van der Waals surface area (Å²) in [6, 6.07) is -1.11. The van der Waals surface area contributed by atoms with Gasteiger partial charge in [-0.05, 0) is 19.3 Å². The van der Waals surface area contributed by atoms with E-state index in [0.29, 0.717) is 0 Å². The average Bonchev–Trinajstić information content (AvgIpc) is 2.06. The molecule has 8 heteroatoms. The van der Waals surface area contributed by atoms with Gasteiger partial charge in [0.25, 0.3) is 0 Å². The Morgan fingerprint density at radius 3 is 2.29 bits per heavy atom. The number of rotatable bonds is 4. The first-order chi connectivity index (χ1) is 7.78. The van der Waals surface area contributed by atoms with Crippen LogP contribution in [0.2, 0.25) is 0 Å². The third-order valence-electron chi connectivity index (χ3n) is 2.42. The van der Waals surface area contributed by atoms with E-state index in [1.807, 2.05) is 0 Å². The zero-order chi connectivity index (χ0) is 13.1. The number of hydrogen-bond acceptors (Lipinski definition) is 2. The molecule has 0 aliphatic heterocycles. The van der Waals surface area contributed by atoms with E-state index < -0.39 is 31.3 Å². The van der Waals surface area contributed by atoms with Crippen molar-refractivity contribution in [1.29, 1.82) is 0 Å². The smallest absolute Gasteiger partial charge is 0.406 e. The number of carbonyl (C=O) groups excluding carboxylic acids is 1. The van der Waals surface area contributed by atoms with E-state index in [1.54, 1.807) is 0 Å². The number of nitrogens with zero attached hydrogens (tertiary/aromatic N) is 1. The van der Waals surface area contributed by atoms with Gasteiger partial charge in [-0.1, -0.05) is 0 Å². The van der Waals surface area contributed by atoms with Crippen molar-refractivity contribution in [2.24, 2.45) is 0 Å². The lowest BCUT2D eigenvalue weighted by Gasteiger charge is -2.30. The molecule has 1 aliphatic carbocycles. The Bertz CT molecular complexity index is 302. The summed E-state index contributed by atoms with van der Waals surface area (Å²) in [5.74, 6) is -1.47. The van der Waals surface area contributed by atoms with E-state index in [2.05, 4.69) is 5.32 Å². The number of carboxylic acids is 1. The first kappa shape index (κ1) is 13.6. The molecule has 0 aromatic carbocycles. The molecule has 0 atom stereocenters. The highest BCUT2D eigenvalue weighted by Gasteiger charge is 2.35. The fraction of sp³-hybridized carbons (Fsp3) is 0.778. The summed E-state index contributed by atoms with van der Waals surface area (Å²) in [6.45, 7) is -2.52. The van der Waals surface area contributed by atoms with Crippen LogP contribution in [0.4, 0.5) is 18.0 Å². The predicted molar refractivity (Wildman–Crippen MR) is 51.4 cm³/mol. The van der Waals surface area contributed by atoms with E-state index >= 15 is 0 Å². The summed E-state index contributed by atoms with van der Waals surface area (Å²) in [5.41, 5.74) is 0. The second-order valence-corrected chi connectivity index (χ2v) is 3.94. The largest absolute Gasteiger partial charge is 0.480 e. The van der Waals surface area contributed by atoms with Crippen LogP contribution in [-0.4, -0.2) is 47.3 Å². The number of urea groups is 1. The second-order valence-electron chi connectivity index (χ2n) is 3.94. The Hall–Kier alpha value is -1.47. The van der Waals surface area contributed by atoms with Crippen LogP contribution in [0.1, 0.15) is 19.3 Å². The van der Waals surface area contributed by atoms with Crippen LogP contribution < -0.4 is 5.32 Å². The van der Waals surface area contributed by atoms with Gasteiger partial charge >= 0.3 is 18.2 Å². The van der Waals surface area contributed by atoms with Gasteiger partial charge in [-0.25, -0.2) is 4.79 Å². The zero-order valence-corrected chi connectivity index (χ0v) is 8.96. The molecular weight excluding hydrogens is 241 g/mol. The van der Waals surface area contributed by atoms with Gasteiger partial charge in [-0.15, -0.1) is 0 Å². The molecule has 1 fully saturated rings. The first-order valence-electron chi connectivity index (χ1n) is 5.12. The Kier molecular flexibility index (Phi) is 4.19. The minimum atomic E-state index is -4.60. The fourth-order valence-electron chi connectivity index (χ4n) is 1.40. The molecule has 1 saturated carbocycles. The molecule has 98 valence electrons. The van der Waals surface area contributed by atoms with Crippen LogP contribution in [0.25, 0.3) is 0 Å². The van der Waals surface area contributed by atoms with Crippen LogP contribution in [0.3, 0.4) is 0 Å². The van der Waals surface area contributed by atoms with E-state index in [9.17, 15) is 22.8 Å². The van der Waals surface area contributed by atoms with Crippen molar-refractivity contribution >= 4 is 12.0 Å². The lowest BCUT2D eigenvalue weighted by Crippen LogP contribution is -2.51. The average molecular weight is 254 g/mol. The molecule has 0 radical (unpaired) electrons. The summed E-state index contributed by atoms with van der Waals surface area (Å²) in [5, 5.41) is 10.8. The SMILES string of the molecule is O=C(O)CN(CC(F)(F)F)C(=O)NC1CCC1. The van der Waals surface area contributed by atoms with Crippen LogP contribution in [-0.2, 0) is 4.79 Å². The molecule has 0 bridgehead atoms. The van der Waals surface area contributed by atoms with Crippen LogP contribution in [0.15, 0.2) is 0 Å². The third kappa shape index (κ3) is 4.92. The minimum Gasteiger partial charge on any atom is -0.480 e. The van der Waals surface area contributed by atoms with Gasteiger partial charge in [0.05, 0.1) is 0 Å². The third-order valence-corrected chi connectivity index (χ3v) is 2.42. The van der Waals surface area contributed by atoms with E-state index in [-0.39, 0.29) is 10.9 Å². The van der Waals surface area contributed by atoms with Gasteiger partial charge in [0.1, 0.15) is 13.1 Å². The number of nitrogens with one attached hydrogen (secondary N) is 1. The molecule has 2 amide bonds. The second kappa shape index (κ2) is 5.24. The standard InChI is InChI=1S/C9H13F3N2O3/c10-9(11,12)5-14(4-7(15)16)8(17)13-6-2-1-3-6/h6H,1-5H2,(H,13,17)(H,15,16). The zero-order valence-electron chi connectivity index (χ0n) is 8.96. The molecular formula is C9H13F3N2O3. The Balaban J connectivity index is 2.53. The lowest BCUT2D eigenvalue weighted by molar-refractivity contribution is -0.149. The highest BCUT2D eigenvalue weighted by molar-refractivity contribution is 5.80. The van der Waals surface area contributed by atoms with Crippen LogP contribution in [0, 0.1) is 0 Å². The summed E-state index contributed by atoms with van der Waals surface area (Å²) >= 11 is 0. The van der Waals surface area contributed by atoms with E-state index in [1.165, 1.54) is 0 Å². The molecule has 0 aromatic rings. The number of aliphatic carboxylic acids is 1. The predicted octanol–water partition coefficient (Wildman–Crippen LogP) is 1.20. The molecule has 1 aliphatic rings. The Labute approximate surface area is 95.6 Å². The quantitative estimate of drug-likeness (QED) is 0.792. The number of alkyl halides is 3. The van der Waals surface area contributed by atoms with Crippen molar-refractivity contribution in [3.8, 4) is 0 Å². The topological polar surface area (TPSA) is 69.6 Å².